The standard InChI is InChI=1S/C31H24Cl2FN3O5/c1-2-24(38)36-10-8-16(9-11-36)30-28(29(35-42-30)27-21(33)13-19(32)14-22(27)34)31(41)37-15-18-7-6-17(12-25(39)40)20-4-3-5-23(37)26(18)20/h2-5,12-16H,1,6-11H2,(H,39,40)/b17-12+. The number of likely N-dealkylation sites (tertiary alicyclic amines) is 1. The molecule has 214 valence electrons. The summed E-state index contributed by atoms with van der Waals surface area (Å²) in [6.45, 7) is 4.40. The monoisotopic (exact) mass is 607 g/mol. The molecule has 1 aliphatic heterocycles. The summed E-state index contributed by atoms with van der Waals surface area (Å²) in [5, 5.41) is 14.4. The predicted molar refractivity (Wildman–Crippen MR) is 156 cm³/mol. The van der Waals surface area contributed by atoms with Crippen LogP contribution in [0.1, 0.15) is 52.4 Å². The Morgan fingerprint density at radius 2 is 1.90 bits per heavy atom. The van der Waals surface area contributed by atoms with Gasteiger partial charge in [-0.2, -0.15) is 0 Å². The van der Waals surface area contributed by atoms with Crippen LogP contribution in [0, 0.1) is 5.82 Å². The van der Waals surface area contributed by atoms with E-state index in [1.54, 1.807) is 23.2 Å². The molecular formula is C31H24Cl2FN3O5. The van der Waals surface area contributed by atoms with Crippen LogP contribution in [-0.4, -0.2) is 50.6 Å². The molecule has 1 N–H and O–H groups in total. The first kappa shape index (κ1) is 27.9. The topological polar surface area (TPSA) is 106 Å². The van der Waals surface area contributed by atoms with Gasteiger partial charge in [0.25, 0.3) is 5.91 Å². The number of allylic oxidation sites excluding steroid dienone is 1. The minimum absolute atomic E-state index is 0.0259. The van der Waals surface area contributed by atoms with Gasteiger partial charge in [-0.3, -0.25) is 14.2 Å². The van der Waals surface area contributed by atoms with Crippen LogP contribution >= 0.6 is 23.2 Å². The molecule has 1 fully saturated rings. The highest BCUT2D eigenvalue weighted by Crippen LogP contribution is 2.42. The molecule has 6 rings (SSSR count). The van der Waals surface area contributed by atoms with Gasteiger partial charge in [-0.05, 0) is 66.7 Å². The fourth-order valence-corrected chi connectivity index (χ4v) is 6.59. The molecule has 1 aliphatic carbocycles. The third-order valence-electron chi connectivity index (χ3n) is 7.96. The summed E-state index contributed by atoms with van der Waals surface area (Å²) in [4.78, 5) is 39.8. The Hall–Kier alpha value is -4.21. The van der Waals surface area contributed by atoms with E-state index in [4.69, 9.17) is 27.7 Å². The van der Waals surface area contributed by atoms with Crippen LogP contribution in [0.2, 0.25) is 10.0 Å². The number of aromatic nitrogens is 2. The number of rotatable bonds is 5. The SMILES string of the molecule is C=CC(=O)N1CCC(c2onc(-c3c(F)cc(Cl)cc3Cl)c2C(=O)n2cc3c4c(cccc42)/C(=C/C(=O)O)CC3)CC1. The molecular weight excluding hydrogens is 584 g/mol. The Balaban J connectivity index is 1.51. The maximum atomic E-state index is 15.3. The van der Waals surface area contributed by atoms with E-state index in [9.17, 15) is 19.5 Å². The van der Waals surface area contributed by atoms with Crippen molar-refractivity contribution in [2.75, 3.05) is 13.1 Å². The minimum Gasteiger partial charge on any atom is -0.478 e. The molecule has 1 amide bonds. The van der Waals surface area contributed by atoms with Crippen molar-refractivity contribution in [3.63, 3.8) is 0 Å². The molecule has 1 saturated heterocycles. The van der Waals surface area contributed by atoms with E-state index >= 15 is 4.39 Å². The van der Waals surface area contributed by atoms with Gasteiger partial charge < -0.3 is 14.5 Å². The molecule has 0 bridgehead atoms. The average Bonchev–Trinajstić information content (AvgIpc) is 3.56. The van der Waals surface area contributed by atoms with Gasteiger partial charge in [0, 0.05) is 41.7 Å². The number of hydrogen-bond acceptors (Lipinski definition) is 5. The zero-order valence-corrected chi connectivity index (χ0v) is 23.7. The van der Waals surface area contributed by atoms with Crippen LogP contribution in [0.4, 0.5) is 4.39 Å². The first-order valence-electron chi connectivity index (χ1n) is 13.3. The van der Waals surface area contributed by atoms with Crippen LogP contribution in [0.5, 0.6) is 0 Å². The number of benzene rings is 2. The fourth-order valence-electron chi connectivity index (χ4n) is 6.04. The third kappa shape index (κ3) is 4.72. The van der Waals surface area contributed by atoms with E-state index in [2.05, 4.69) is 11.7 Å². The normalized spacial score (nSPS) is 16.3. The second kappa shape index (κ2) is 10.9. The maximum Gasteiger partial charge on any atom is 0.328 e. The van der Waals surface area contributed by atoms with E-state index < -0.39 is 17.7 Å². The number of carbonyl (C=O) groups is 3. The average molecular weight is 608 g/mol. The van der Waals surface area contributed by atoms with E-state index in [-0.39, 0.29) is 44.5 Å². The van der Waals surface area contributed by atoms with Crippen molar-refractivity contribution in [1.29, 1.82) is 0 Å². The van der Waals surface area contributed by atoms with E-state index in [1.807, 2.05) is 6.07 Å². The van der Waals surface area contributed by atoms with Gasteiger partial charge in [-0.1, -0.05) is 47.1 Å². The summed E-state index contributed by atoms with van der Waals surface area (Å²) >= 11 is 12.4. The first-order chi connectivity index (χ1) is 20.2. The number of carboxylic acids is 1. The van der Waals surface area contributed by atoms with Gasteiger partial charge in [0.05, 0.1) is 16.1 Å². The van der Waals surface area contributed by atoms with E-state index in [0.29, 0.717) is 49.9 Å². The smallest absolute Gasteiger partial charge is 0.328 e. The van der Waals surface area contributed by atoms with Crippen molar-refractivity contribution < 1.29 is 28.4 Å². The largest absolute Gasteiger partial charge is 0.478 e. The number of carboxylic acid groups (broad SMARTS) is 1. The van der Waals surface area contributed by atoms with Crippen LogP contribution in [0.25, 0.3) is 27.7 Å². The molecule has 0 unspecified atom stereocenters. The first-order valence-corrected chi connectivity index (χ1v) is 14.1. The van der Waals surface area contributed by atoms with Crippen LogP contribution in [0.15, 0.2) is 59.8 Å². The molecule has 4 aromatic rings. The van der Waals surface area contributed by atoms with Crippen molar-refractivity contribution in [2.45, 2.75) is 31.6 Å². The fraction of sp³-hybridized carbons (Fsp3) is 0.226. The highest BCUT2D eigenvalue weighted by atomic mass is 35.5. The van der Waals surface area contributed by atoms with Crippen molar-refractivity contribution in [3.8, 4) is 11.3 Å². The summed E-state index contributed by atoms with van der Waals surface area (Å²) in [6, 6.07) is 7.86. The van der Waals surface area contributed by atoms with Crippen LogP contribution in [-0.2, 0) is 16.0 Å². The number of hydrogen-bond donors (Lipinski definition) is 1. The van der Waals surface area contributed by atoms with Crippen molar-refractivity contribution in [2.24, 2.45) is 0 Å². The van der Waals surface area contributed by atoms with Gasteiger partial charge >= 0.3 is 5.97 Å². The van der Waals surface area contributed by atoms with Gasteiger partial charge in [-0.25, -0.2) is 9.18 Å². The van der Waals surface area contributed by atoms with Crippen LogP contribution in [0.3, 0.4) is 0 Å². The number of carbonyl (C=O) groups excluding carboxylic acids is 2. The number of nitrogens with zero attached hydrogens (tertiary/aromatic N) is 3. The summed E-state index contributed by atoms with van der Waals surface area (Å²) < 4.78 is 22.6. The highest BCUT2D eigenvalue weighted by molar-refractivity contribution is 6.36. The van der Waals surface area contributed by atoms with Gasteiger partial charge in [-0.15, -0.1) is 0 Å². The van der Waals surface area contributed by atoms with Crippen molar-refractivity contribution in [1.82, 2.24) is 14.6 Å². The van der Waals surface area contributed by atoms with Crippen molar-refractivity contribution >= 4 is 57.5 Å². The Bertz CT molecular complexity index is 1810. The lowest BCUT2D eigenvalue weighted by atomic mass is 9.88. The number of piperidine rings is 1. The van der Waals surface area contributed by atoms with Gasteiger partial charge in [0.1, 0.15) is 17.1 Å². The van der Waals surface area contributed by atoms with E-state index in [1.165, 1.54) is 22.8 Å². The number of amides is 1. The molecule has 0 saturated carbocycles. The summed E-state index contributed by atoms with van der Waals surface area (Å²) in [6.07, 6.45) is 6.24. The second-order valence-electron chi connectivity index (χ2n) is 10.4. The van der Waals surface area contributed by atoms with E-state index in [0.717, 1.165) is 22.6 Å². The summed E-state index contributed by atoms with van der Waals surface area (Å²) in [5.41, 5.74) is 2.82. The summed E-state index contributed by atoms with van der Waals surface area (Å²) in [5.74, 6) is -2.45. The second-order valence-corrected chi connectivity index (χ2v) is 11.2. The Kier molecular flexibility index (Phi) is 7.24. The zero-order valence-electron chi connectivity index (χ0n) is 22.2. The lowest BCUT2D eigenvalue weighted by molar-refractivity contribution is -0.131. The molecule has 11 heteroatoms. The molecule has 0 radical (unpaired) electrons. The number of halogens is 3. The molecule has 2 aromatic heterocycles. The molecule has 2 aliphatic rings. The number of aryl methyl sites for hydroxylation is 1. The lowest BCUT2D eigenvalue weighted by Crippen LogP contribution is -2.37. The molecule has 3 heterocycles. The third-order valence-corrected chi connectivity index (χ3v) is 8.48. The Morgan fingerprint density at radius 3 is 2.60 bits per heavy atom. The number of aliphatic carboxylic acids is 1. The highest BCUT2D eigenvalue weighted by Gasteiger charge is 2.35. The predicted octanol–water partition coefficient (Wildman–Crippen LogP) is 6.74. The zero-order chi connectivity index (χ0) is 29.7. The minimum atomic E-state index is -1.04. The Morgan fingerprint density at radius 1 is 1.14 bits per heavy atom. The molecule has 2 aromatic carbocycles. The van der Waals surface area contributed by atoms with Crippen LogP contribution < -0.4 is 0 Å². The quantitative estimate of drug-likeness (QED) is 0.252. The molecule has 8 nitrogen and oxygen atoms in total. The molecule has 42 heavy (non-hydrogen) atoms. The molecule has 0 spiro atoms. The van der Waals surface area contributed by atoms with Gasteiger partial charge in [0.2, 0.25) is 5.91 Å². The maximum absolute atomic E-state index is 15.3. The molecule has 0 atom stereocenters. The van der Waals surface area contributed by atoms with Crippen molar-refractivity contribution in [3.05, 3.63) is 93.6 Å². The summed E-state index contributed by atoms with van der Waals surface area (Å²) in [7, 11) is 0. The Labute approximate surface area is 249 Å². The van der Waals surface area contributed by atoms with Gasteiger partial charge in [0.15, 0.2) is 5.76 Å². The lowest BCUT2D eigenvalue weighted by Gasteiger charge is -2.30.